The van der Waals surface area contributed by atoms with Crippen LogP contribution in [-0.2, 0) is 17.7 Å². The standard InChI is InChI=1S/C17H23N3O2/c1-14-18-17(22-19-14)13-20-10-9-16(12-20)21-11-5-8-15-6-3-2-4-7-15/h2-4,6-7,16H,5,8-13H2,1H3/t16-/m0/s1. The van der Waals surface area contributed by atoms with E-state index < -0.39 is 0 Å². The first kappa shape index (κ1) is 15.2. The Labute approximate surface area is 131 Å². The Morgan fingerprint density at radius 3 is 2.95 bits per heavy atom. The maximum absolute atomic E-state index is 5.99. The predicted molar refractivity (Wildman–Crippen MR) is 83.4 cm³/mol. The van der Waals surface area contributed by atoms with Crippen molar-refractivity contribution in [3.8, 4) is 0 Å². The van der Waals surface area contributed by atoms with Gasteiger partial charge in [0.2, 0.25) is 5.89 Å². The minimum Gasteiger partial charge on any atom is -0.377 e. The molecule has 0 bridgehead atoms. The summed E-state index contributed by atoms with van der Waals surface area (Å²) in [6, 6.07) is 10.6. The topological polar surface area (TPSA) is 51.4 Å². The molecule has 0 aliphatic carbocycles. The van der Waals surface area contributed by atoms with Gasteiger partial charge < -0.3 is 9.26 Å². The molecule has 0 amide bonds. The molecule has 0 saturated carbocycles. The number of aromatic nitrogens is 2. The maximum atomic E-state index is 5.99. The Kier molecular flexibility index (Phi) is 5.19. The van der Waals surface area contributed by atoms with Gasteiger partial charge in [-0.2, -0.15) is 4.98 Å². The van der Waals surface area contributed by atoms with Crippen LogP contribution in [0, 0.1) is 6.92 Å². The monoisotopic (exact) mass is 301 g/mol. The lowest BCUT2D eigenvalue weighted by molar-refractivity contribution is 0.0563. The van der Waals surface area contributed by atoms with E-state index in [1.165, 1.54) is 5.56 Å². The Morgan fingerprint density at radius 1 is 1.32 bits per heavy atom. The lowest BCUT2D eigenvalue weighted by Crippen LogP contribution is -2.23. The maximum Gasteiger partial charge on any atom is 0.240 e. The fourth-order valence-corrected chi connectivity index (χ4v) is 2.84. The lowest BCUT2D eigenvalue weighted by Gasteiger charge is -2.14. The molecule has 5 heteroatoms. The Morgan fingerprint density at radius 2 is 2.18 bits per heavy atom. The van der Waals surface area contributed by atoms with E-state index in [-0.39, 0.29) is 0 Å². The molecule has 3 rings (SSSR count). The zero-order valence-electron chi connectivity index (χ0n) is 13.1. The number of nitrogens with zero attached hydrogens (tertiary/aromatic N) is 3. The van der Waals surface area contributed by atoms with Crippen LogP contribution >= 0.6 is 0 Å². The Balaban J connectivity index is 1.33. The summed E-state index contributed by atoms with van der Waals surface area (Å²) in [6.45, 7) is 5.38. The molecule has 0 unspecified atom stereocenters. The smallest absolute Gasteiger partial charge is 0.240 e. The second-order valence-electron chi connectivity index (χ2n) is 5.84. The first-order valence-corrected chi connectivity index (χ1v) is 7.96. The molecule has 2 heterocycles. The Hall–Kier alpha value is -1.72. The van der Waals surface area contributed by atoms with Gasteiger partial charge in [0.25, 0.3) is 0 Å². The number of benzene rings is 1. The van der Waals surface area contributed by atoms with E-state index in [1.54, 1.807) is 0 Å². The number of hydrogen-bond donors (Lipinski definition) is 0. The molecule has 1 aliphatic rings. The van der Waals surface area contributed by atoms with Gasteiger partial charge in [-0.05, 0) is 31.7 Å². The van der Waals surface area contributed by atoms with Crippen LogP contribution in [0.5, 0.6) is 0 Å². The van der Waals surface area contributed by atoms with Crippen molar-refractivity contribution >= 4 is 0 Å². The van der Waals surface area contributed by atoms with Gasteiger partial charge in [0.05, 0.1) is 12.6 Å². The third-order valence-corrected chi connectivity index (χ3v) is 3.96. The van der Waals surface area contributed by atoms with Crippen molar-refractivity contribution in [3.63, 3.8) is 0 Å². The molecule has 1 aromatic heterocycles. The van der Waals surface area contributed by atoms with Crippen LogP contribution in [0.25, 0.3) is 0 Å². The number of ether oxygens (including phenoxy) is 1. The highest BCUT2D eigenvalue weighted by molar-refractivity contribution is 5.14. The van der Waals surface area contributed by atoms with Crippen molar-refractivity contribution in [1.29, 1.82) is 0 Å². The summed E-state index contributed by atoms with van der Waals surface area (Å²) in [5, 5.41) is 3.82. The molecule has 1 fully saturated rings. The molecule has 1 aliphatic heterocycles. The zero-order valence-corrected chi connectivity index (χ0v) is 13.1. The molecule has 1 atom stereocenters. The van der Waals surface area contributed by atoms with Crippen LogP contribution in [0.4, 0.5) is 0 Å². The third-order valence-electron chi connectivity index (χ3n) is 3.96. The molecule has 118 valence electrons. The quantitative estimate of drug-likeness (QED) is 0.736. The number of rotatable bonds is 7. The fourth-order valence-electron chi connectivity index (χ4n) is 2.84. The van der Waals surface area contributed by atoms with Crippen LogP contribution in [0.2, 0.25) is 0 Å². The number of likely N-dealkylation sites (tertiary alicyclic amines) is 1. The molecule has 2 aromatic rings. The van der Waals surface area contributed by atoms with E-state index in [1.807, 2.05) is 6.92 Å². The van der Waals surface area contributed by atoms with Crippen molar-refractivity contribution in [2.24, 2.45) is 0 Å². The van der Waals surface area contributed by atoms with E-state index in [2.05, 4.69) is 45.4 Å². The predicted octanol–water partition coefficient (Wildman–Crippen LogP) is 2.60. The van der Waals surface area contributed by atoms with E-state index >= 15 is 0 Å². The van der Waals surface area contributed by atoms with Crippen LogP contribution in [0.1, 0.15) is 30.1 Å². The van der Waals surface area contributed by atoms with Crippen LogP contribution in [0.3, 0.4) is 0 Å². The van der Waals surface area contributed by atoms with Crippen molar-refractivity contribution in [3.05, 3.63) is 47.6 Å². The lowest BCUT2D eigenvalue weighted by atomic mass is 10.1. The molecule has 1 aromatic carbocycles. The molecular weight excluding hydrogens is 278 g/mol. The summed E-state index contributed by atoms with van der Waals surface area (Å²) >= 11 is 0. The van der Waals surface area contributed by atoms with Crippen LogP contribution in [-0.4, -0.2) is 40.8 Å². The minimum absolute atomic E-state index is 0.333. The normalized spacial score (nSPS) is 18.9. The molecule has 22 heavy (non-hydrogen) atoms. The fraction of sp³-hybridized carbons (Fsp3) is 0.529. The van der Waals surface area contributed by atoms with E-state index in [9.17, 15) is 0 Å². The second-order valence-corrected chi connectivity index (χ2v) is 5.84. The Bertz CT molecular complexity index is 570. The largest absolute Gasteiger partial charge is 0.377 e. The van der Waals surface area contributed by atoms with Gasteiger partial charge in [-0.1, -0.05) is 35.5 Å². The van der Waals surface area contributed by atoms with Gasteiger partial charge in [-0.3, -0.25) is 4.90 Å². The first-order chi connectivity index (χ1) is 10.8. The zero-order chi connectivity index (χ0) is 15.2. The van der Waals surface area contributed by atoms with Gasteiger partial charge in [0.15, 0.2) is 5.82 Å². The highest BCUT2D eigenvalue weighted by Gasteiger charge is 2.24. The highest BCUT2D eigenvalue weighted by atomic mass is 16.5. The second kappa shape index (κ2) is 7.51. The molecule has 0 radical (unpaired) electrons. The summed E-state index contributed by atoms with van der Waals surface area (Å²) in [4.78, 5) is 6.56. The molecule has 1 saturated heterocycles. The van der Waals surface area contributed by atoms with Gasteiger partial charge in [-0.15, -0.1) is 0 Å². The molecule has 0 spiro atoms. The van der Waals surface area contributed by atoms with Crippen molar-refractivity contribution < 1.29 is 9.26 Å². The van der Waals surface area contributed by atoms with Crippen molar-refractivity contribution in [2.45, 2.75) is 38.8 Å². The SMILES string of the molecule is Cc1noc(CN2CC[C@H](OCCCc3ccccc3)C2)n1. The summed E-state index contributed by atoms with van der Waals surface area (Å²) in [5.41, 5.74) is 1.38. The molecular formula is C17H23N3O2. The van der Waals surface area contributed by atoms with E-state index in [0.29, 0.717) is 17.8 Å². The van der Waals surface area contributed by atoms with Crippen LogP contribution < -0.4 is 0 Å². The number of aryl methyl sites for hydroxylation is 2. The van der Waals surface area contributed by atoms with E-state index in [4.69, 9.17) is 9.26 Å². The average molecular weight is 301 g/mol. The molecule has 5 nitrogen and oxygen atoms in total. The van der Waals surface area contributed by atoms with Gasteiger partial charge in [0.1, 0.15) is 0 Å². The minimum atomic E-state index is 0.333. The summed E-state index contributed by atoms with van der Waals surface area (Å²) in [5.74, 6) is 1.39. The van der Waals surface area contributed by atoms with E-state index in [0.717, 1.165) is 45.5 Å². The third kappa shape index (κ3) is 4.39. The summed E-state index contributed by atoms with van der Waals surface area (Å²) in [6.07, 6.45) is 3.57. The first-order valence-electron chi connectivity index (χ1n) is 7.96. The van der Waals surface area contributed by atoms with Crippen molar-refractivity contribution in [2.75, 3.05) is 19.7 Å². The van der Waals surface area contributed by atoms with Gasteiger partial charge in [0, 0.05) is 19.7 Å². The van der Waals surface area contributed by atoms with Crippen LogP contribution in [0.15, 0.2) is 34.9 Å². The highest BCUT2D eigenvalue weighted by Crippen LogP contribution is 2.16. The number of hydrogen-bond acceptors (Lipinski definition) is 5. The van der Waals surface area contributed by atoms with Gasteiger partial charge >= 0.3 is 0 Å². The summed E-state index contributed by atoms with van der Waals surface area (Å²) < 4.78 is 11.2. The summed E-state index contributed by atoms with van der Waals surface area (Å²) in [7, 11) is 0. The molecule has 0 N–H and O–H groups in total. The van der Waals surface area contributed by atoms with Gasteiger partial charge in [-0.25, -0.2) is 0 Å². The van der Waals surface area contributed by atoms with Crippen molar-refractivity contribution in [1.82, 2.24) is 15.0 Å². The average Bonchev–Trinajstić information content (AvgIpc) is 3.14.